The van der Waals surface area contributed by atoms with Gasteiger partial charge in [-0.1, -0.05) is 13.8 Å². The molecule has 1 fully saturated rings. The molecule has 0 aliphatic carbocycles. The van der Waals surface area contributed by atoms with Crippen LogP contribution < -0.4 is 9.98 Å². The maximum atomic E-state index is 13.9. The van der Waals surface area contributed by atoms with Gasteiger partial charge in [-0.15, -0.1) is 0 Å². The number of rotatable bonds is 6. The summed E-state index contributed by atoms with van der Waals surface area (Å²) in [6, 6.07) is -2.11. The van der Waals surface area contributed by atoms with Gasteiger partial charge in [-0.3, -0.25) is 4.57 Å². The van der Waals surface area contributed by atoms with Crippen molar-refractivity contribution in [3.8, 4) is 0 Å². The number of hydrogen-bond donors (Lipinski definition) is 1. The smallest absolute Gasteiger partial charge is 0.205 e. The van der Waals surface area contributed by atoms with Crippen LogP contribution in [0.2, 0.25) is 0 Å². The Balaban J connectivity index is 2.74. The molecular weight excluding hydrogens is 271 g/mol. The average molecular weight is 292 g/mol. The van der Waals surface area contributed by atoms with E-state index in [2.05, 4.69) is 5.09 Å². The van der Waals surface area contributed by atoms with Crippen LogP contribution in [0.25, 0.3) is 0 Å². The maximum absolute atomic E-state index is 13.9. The van der Waals surface area contributed by atoms with Crippen molar-refractivity contribution in [1.82, 2.24) is 5.09 Å². The molecule has 1 aliphatic heterocycles. The summed E-state index contributed by atoms with van der Waals surface area (Å²) in [5.41, 5.74) is 0. The maximum Gasteiger partial charge on any atom is 0.205 e. The first-order chi connectivity index (χ1) is 8.62. The number of ether oxygens (including phenoxy) is 1. The molecule has 0 spiro atoms. The van der Waals surface area contributed by atoms with Gasteiger partial charge in [-0.2, -0.15) is 0 Å². The van der Waals surface area contributed by atoms with E-state index in [1.807, 2.05) is 13.8 Å². The molecule has 0 aromatic heterocycles. The van der Waals surface area contributed by atoms with E-state index in [1.54, 1.807) is 13.8 Å². The first kappa shape index (κ1) is 17.1. The fraction of sp³-hybridized carbons (Fsp3) is 1.00. The lowest BCUT2D eigenvalue weighted by atomic mass is 9.92. The third kappa shape index (κ3) is 5.16. The highest BCUT2D eigenvalue weighted by atomic mass is 31.2. The summed E-state index contributed by atoms with van der Waals surface area (Å²) < 4.78 is 35.7. The highest BCUT2D eigenvalue weighted by Crippen LogP contribution is 2.38. The number of hydrogen-bond acceptors (Lipinski definition) is 4. The van der Waals surface area contributed by atoms with E-state index in [0.717, 1.165) is 0 Å². The van der Waals surface area contributed by atoms with Gasteiger partial charge in [0, 0.05) is 6.00 Å². The van der Waals surface area contributed by atoms with Crippen LogP contribution in [0.1, 0.15) is 34.1 Å². The molecule has 2 unspecified atom stereocenters. The Kier molecular flexibility index (Phi) is 6.02. The Bertz CT molecular complexity index is 343. The molecule has 1 N–H and O–H groups in total. The van der Waals surface area contributed by atoms with E-state index in [4.69, 9.17) is 17.1 Å². The Labute approximate surface area is 115 Å². The standard InChI is InChI=1S/C11H22BFNO4P/c1-6(2)5-8-10(9(13)11(12)17-8)14-19(15,16)18-7(3)4/h6-11H,5H2,1-4H3,(H2,14,15,16)/p-1/t8-,9+,10?,11-/m1/s1. The van der Waals surface area contributed by atoms with Crippen molar-refractivity contribution < 1.29 is 23.1 Å². The van der Waals surface area contributed by atoms with Gasteiger partial charge in [0.2, 0.25) is 7.75 Å². The first-order valence-corrected chi connectivity index (χ1v) is 7.99. The summed E-state index contributed by atoms with van der Waals surface area (Å²) in [5.74, 6) is 0.240. The average Bonchev–Trinajstić information content (AvgIpc) is 2.42. The monoisotopic (exact) mass is 292 g/mol. The van der Waals surface area contributed by atoms with Gasteiger partial charge in [0.15, 0.2) is 0 Å². The second-order valence-electron chi connectivity index (χ2n) is 5.52. The van der Waals surface area contributed by atoms with E-state index >= 15 is 0 Å². The number of alkyl halides is 1. The summed E-state index contributed by atoms with van der Waals surface area (Å²) in [4.78, 5) is 11.7. The van der Waals surface area contributed by atoms with Gasteiger partial charge in [-0.25, -0.2) is 9.48 Å². The van der Waals surface area contributed by atoms with Crippen molar-refractivity contribution in [2.45, 2.75) is 64.5 Å². The minimum Gasteiger partial charge on any atom is -0.766 e. The van der Waals surface area contributed by atoms with E-state index in [0.29, 0.717) is 6.42 Å². The van der Waals surface area contributed by atoms with Crippen LogP contribution in [0.3, 0.4) is 0 Å². The third-order valence-corrected chi connectivity index (χ3v) is 4.06. The van der Waals surface area contributed by atoms with Crippen molar-refractivity contribution in [3.05, 3.63) is 0 Å². The van der Waals surface area contributed by atoms with Crippen molar-refractivity contribution in [2.75, 3.05) is 0 Å². The van der Waals surface area contributed by atoms with Gasteiger partial charge in [0.1, 0.15) is 14.0 Å². The van der Waals surface area contributed by atoms with Crippen molar-refractivity contribution >= 4 is 15.6 Å². The first-order valence-electron chi connectivity index (χ1n) is 6.44. The Morgan fingerprint density at radius 1 is 1.47 bits per heavy atom. The minimum atomic E-state index is -4.32. The van der Waals surface area contributed by atoms with Gasteiger partial charge >= 0.3 is 0 Å². The molecule has 0 bridgehead atoms. The minimum absolute atomic E-state index is 0.240. The van der Waals surface area contributed by atoms with Crippen LogP contribution in [-0.4, -0.2) is 38.3 Å². The van der Waals surface area contributed by atoms with E-state index in [-0.39, 0.29) is 5.92 Å². The SMILES string of the molecule is [B][C@@H]1O[C@H](CC(C)C)C(NP(=O)([O-])OC(C)C)[C@@H]1F. The van der Waals surface area contributed by atoms with E-state index in [1.165, 1.54) is 0 Å². The van der Waals surface area contributed by atoms with Crippen molar-refractivity contribution in [2.24, 2.45) is 5.92 Å². The van der Waals surface area contributed by atoms with Gasteiger partial charge < -0.3 is 14.2 Å². The quantitative estimate of drug-likeness (QED) is 0.586. The largest absolute Gasteiger partial charge is 0.766 e. The van der Waals surface area contributed by atoms with E-state index in [9.17, 15) is 13.8 Å². The van der Waals surface area contributed by atoms with Gasteiger partial charge in [-0.05, 0) is 26.2 Å². The molecule has 2 radical (unpaired) electrons. The van der Waals surface area contributed by atoms with Gasteiger partial charge in [0.25, 0.3) is 0 Å². The molecule has 5 nitrogen and oxygen atoms in total. The fourth-order valence-corrected chi connectivity index (χ4v) is 3.37. The molecule has 0 aromatic rings. The summed E-state index contributed by atoms with van der Waals surface area (Å²) in [7, 11) is 1.17. The lowest BCUT2D eigenvalue weighted by molar-refractivity contribution is -0.206. The van der Waals surface area contributed by atoms with Crippen molar-refractivity contribution in [3.63, 3.8) is 0 Å². The zero-order valence-electron chi connectivity index (χ0n) is 11.7. The lowest BCUT2D eigenvalue weighted by Crippen LogP contribution is -2.44. The number of halogens is 1. The normalized spacial score (nSPS) is 34.9. The van der Waals surface area contributed by atoms with Crippen LogP contribution in [0.4, 0.5) is 4.39 Å². The molecule has 1 heterocycles. The molecule has 0 aromatic carbocycles. The summed E-state index contributed by atoms with van der Waals surface area (Å²) >= 11 is 0. The molecule has 8 heteroatoms. The van der Waals surface area contributed by atoms with Crippen molar-refractivity contribution in [1.29, 1.82) is 0 Å². The highest BCUT2D eigenvalue weighted by Gasteiger charge is 2.43. The number of nitrogens with one attached hydrogen (secondary N) is 1. The molecule has 1 rings (SSSR count). The Hall–Kier alpha value is 0.0649. The Morgan fingerprint density at radius 2 is 2.05 bits per heavy atom. The molecule has 1 saturated heterocycles. The zero-order chi connectivity index (χ0) is 14.8. The molecule has 0 saturated carbocycles. The second-order valence-corrected chi connectivity index (χ2v) is 6.98. The predicted molar refractivity (Wildman–Crippen MR) is 69.5 cm³/mol. The lowest BCUT2D eigenvalue weighted by Gasteiger charge is -2.32. The molecule has 5 atom stereocenters. The summed E-state index contributed by atoms with van der Waals surface area (Å²) in [6.07, 6.45) is -2.15. The molecular formula is C11H21BFNO4P-. The van der Waals surface area contributed by atoms with Crippen LogP contribution in [0.15, 0.2) is 0 Å². The molecule has 110 valence electrons. The Morgan fingerprint density at radius 3 is 2.53 bits per heavy atom. The third-order valence-electron chi connectivity index (χ3n) is 2.75. The van der Waals surface area contributed by atoms with Crippen LogP contribution in [0.5, 0.6) is 0 Å². The van der Waals surface area contributed by atoms with Gasteiger partial charge in [0.05, 0.1) is 18.2 Å². The summed E-state index contributed by atoms with van der Waals surface area (Å²) in [6.45, 7) is 7.06. The highest BCUT2D eigenvalue weighted by molar-refractivity contribution is 7.49. The molecule has 19 heavy (non-hydrogen) atoms. The molecule has 0 amide bonds. The summed E-state index contributed by atoms with van der Waals surface area (Å²) in [5, 5.41) is 2.22. The zero-order valence-corrected chi connectivity index (χ0v) is 12.6. The fourth-order valence-electron chi connectivity index (χ4n) is 2.08. The second kappa shape index (κ2) is 6.68. The molecule has 1 aliphatic rings. The predicted octanol–water partition coefficient (Wildman–Crippen LogP) is 1.12. The van der Waals surface area contributed by atoms with Crippen LogP contribution >= 0.6 is 7.75 Å². The van der Waals surface area contributed by atoms with E-state index < -0.39 is 38.2 Å². The van der Waals surface area contributed by atoms with Crippen LogP contribution in [0, 0.1) is 5.92 Å². The van der Waals surface area contributed by atoms with Crippen LogP contribution in [-0.2, 0) is 13.8 Å². The topological polar surface area (TPSA) is 70.6 Å².